The summed E-state index contributed by atoms with van der Waals surface area (Å²) in [4.78, 5) is 16.9. The average molecular weight is 203 g/mol. The van der Waals surface area contributed by atoms with Crippen molar-refractivity contribution in [3.05, 3.63) is 0 Å². The molecule has 0 saturated carbocycles. The molecular weight excluding hydrogens is 197 g/mol. The molecule has 0 amide bonds. The van der Waals surface area contributed by atoms with Gasteiger partial charge in [0.25, 0.3) is 0 Å². The molecule has 8 heavy (non-hydrogen) atoms. The summed E-state index contributed by atoms with van der Waals surface area (Å²) in [7, 11) is -3.50. The van der Waals surface area contributed by atoms with E-state index in [1.807, 2.05) is 0 Å². The maximum Gasteiger partial charge on any atom is 2.00 e. The van der Waals surface area contributed by atoms with Crippen LogP contribution in [0.2, 0.25) is 0 Å². The van der Waals surface area contributed by atoms with Gasteiger partial charge in [0.05, 0.1) is 0 Å². The van der Waals surface area contributed by atoms with Gasteiger partial charge in [0, 0.05) is 0 Å². The fourth-order valence-electron chi connectivity index (χ4n) is 0. The third-order valence-corrected chi connectivity index (χ3v) is 0. The van der Waals surface area contributed by atoms with E-state index in [-0.39, 0.29) is 22.5 Å². The van der Waals surface area contributed by atoms with E-state index in [9.17, 15) is 0 Å². The predicted octanol–water partition coefficient (Wildman–Crippen LogP) is -2.79. The maximum absolute atomic E-state index is 8.46. The summed E-state index contributed by atoms with van der Waals surface area (Å²) < 4.78 is 16.9. The fraction of sp³-hybridized carbons (Fsp3) is 0. The van der Waals surface area contributed by atoms with Crippen molar-refractivity contribution >= 4 is 17.4 Å². The van der Waals surface area contributed by atoms with Gasteiger partial charge in [-0.15, -0.1) is 0 Å². The molecule has 2 atom stereocenters. The molecule has 0 heterocycles. The fourth-order valence-corrected chi connectivity index (χ4v) is 0. The molecule has 5 nitrogen and oxygen atoms in total. The molecule has 1 radical (unpaired) electrons. The van der Waals surface area contributed by atoms with E-state index in [1.54, 1.807) is 0 Å². The molecule has 0 spiro atoms. The van der Waals surface area contributed by atoms with Crippen LogP contribution in [-0.4, -0.2) is 5.48 Å². The van der Waals surface area contributed by atoms with Crippen molar-refractivity contribution in [3.63, 3.8) is 0 Å². The molecule has 0 aromatic heterocycles. The van der Waals surface area contributed by atoms with Gasteiger partial charge in [-0.25, -0.2) is 0 Å². The molecule has 0 aliphatic carbocycles. The van der Waals surface area contributed by atoms with E-state index < -0.39 is 17.4 Å². The summed E-state index contributed by atoms with van der Waals surface area (Å²) in [6, 6.07) is 0. The summed E-state index contributed by atoms with van der Waals surface area (Å²) >= 11 is 0. The van der Waals surface area contributed by atoms with Crippen molar-refractivity contribution in [3.8, 4) is 0 Å². The van der Waals surface area contributed by atoms with Gasteiger partial charge in [0.2, 0.25) is 0 Å². The molecule has 2 unspecified atom stereocenters. The maximum atomic E-state index is 8.46. The number of hydrogen-bond donors (Lipinski definition) is 0. The van der Waals surface area contributed by atoms with Crippen LogP contribution in [0.4, 0.5) is 0 Å². The minimum Gasteiger partial charge on any atom is -0.804 e. The first-order valence-electron chi connectivity index (χ1n) is 0.943. The zero-order chi connectivity index (χ0) is 5.41. The molecule has 0 saturated heterocycles. The Bertz CT molecular complexity index is 31.4. The monoisotopic (exact) mass is 203 g/mol. The van der Waals surface area contributed by atoms with Crippen LogP contribution >= 0.6 is 17.4 Å². The van der Waals surface area contributed by atoms with Crippen molar-refractivity contribution in [1.82, 2.24) is 0 Å². The van der Waals surface area contributed by atoms with Crippen molar-refractivity contribution < 1.29 is 41.5 Å². The number of hydrogen-bond acceptors (Lipinski definition) is 4. The van der Waals surface area contributed by atoms with Crippen molar-refractivity contribution in [2.24, 2.45) is 0 Å². The summed E-state index contributed by atoms with van der Waals surface area (Å²) in [6.45, 7) is 0. The molecule has 0 aliphatic heterocycles. The first kappa shape index (κ1) is 23.2. The van der Waals surface area contributed by atoms with Crippen LogP contribution < -0.4 is 9.79 Å². The molecule has 0 rings (SSSR count). The Kier molecular flexibility index (Phi) is 131. The summed E-state index contributed by atoms with van der Waals surface area (Å²) in [5.41, 5.74) is 0. The first-order chi connectivity index (χ1) is 2.83. The van der Waals surface area contributed by atoms with E-state index in [4.69, 9.17) is 18.9 Å². The van der Waals surface area contributed by atoms with Gasteiger partial charge in [-0.3, -0.25) is 0 Å². The molecule has 0 aromatic rings. The van der Waals surface area contributed by atoms with E-state index in [0.29, 0.717) is 0 Å². The van der Waals surface area contributed by atoms with E-state index in [2.05, 4.69) is 0 Å². The third kappa shape index (κ3) is 319. The molecule has 0 aromatic carbocycles. The van der Waals surface area contributed by atoms with Crippen LogP contribution in [-0.2, 0) is 26.2 Å². The van der Waals surface area contributed by atoms with Crippen LogP contribution in [0, 0.1) is 0 Å². The Labute approximate surface area is 59.5 Å². The first-order valence-corrected chi connectivity index (χ1v) is 2.83. The largest absolute Gasteiger partial charge is 2.00 e. The van der Waals surface area contributed by atoms with Gasteiger partial charge in [0.15, 0.2) is 0 Å². The summed E-state index contributed by atoms with van der Waals surface area (Å²) in [5, 5.41) is 0. The van der Waals surface area contributed by atoms with E-state index in [0.717, 1.165) is 0 Å². The third-order valence-electron chi connectivity index (χ3n) is 0. The van der Waals surface area contributed by atoms with Gasteiger partial charge in [-0.05, 0) is 17.4 Å². The average Bonchev–Trinajstić information content (AvgIpc) is 1.39. The zero-order valence-corrected chi connectivity index (χ0v) is 7.16. The van der Waals surface area contributed by atoms with Gasteiger partial charge < -0.3 is 24.4 Å². The van der Waals surface area contributed by atoms with Crippen molar-refractivity contribution in [2.45, 2.75) is 0 Å². The Balaban J connectivity index is -0.0000000160. The number of rotatable bonds is 0. The van der Waals surface area contributed by atoms with Gasteiger partial charge in [-0.2, -0.15) is 0 Å². The second kappa shape index (κ2) is 45.2. The quantitative estimate of drug-likeness (QED) is 0.312. The molecule has 8 heteroatoms. The normalized spacial score (nSPS) is 7.25. The molecule has 0 aliphatic rings. The van der Waals surface area contributed by atoms with Crippen LogP contribution in [0.3, 0.4) is 0 Å². The standard InChI is InChI=1S/Mn.2H3O2P.H2O/c;2*1-3-2;/h;2*3H2,(H,1,2);1H2/q+2;;;/p-2. The molecule has 2 N–H and O–H groups in total. The smallest absolute Gasteiger partial charge is 0.804 e. The van der Waals surface area contributed by atoms with Crippen LogP contribution in [0.25, 0.3) is 0 Å². The molecule has 53 valence electrons. The van der Waals surface area contributed by atoms with Crippen molar-refractivity contribution in [2.75, 3.05) is 0 Å². The Morgan fingerprint density at radius 3 is 1.00 bits per heavy atom. The minimum atomic E-state index is -1.75. The Morgan fingerprint density at radius 1 is 1.00 bits per heavy atom. The predicted molar refractivity (Wildman–Crippen MR) is 24.4 cm³/mol. The van der Waals surface area contributed by atoms with Crippen LogP contribution in [0.5, 0.6) is 0 Å². The molecule has 0 bridgehead atoms. The second-order valence-corrected chi connectivity index (χ2v) is 0.577. The SMILES string of the molecule is O.O=[PH2][O-].O=[PH2][O-].[Mn+2]. The minimum absolute atomic E-state index is 0. The van der Waals surface area contributed by atoms with E-state index >= 15 is 0 Å². The molecular formula is H6MnO5P2. The second-order valence-electron chi connectivity index (χ2n) is 0.192. The van der Waals surface area contributed by atoms with Gasteiger partial charge in [-0.1, -0.05) is 0 Å². The van der Waals surface area contributed by atoms with Crippen LogP contribution in [0.1, 0.15) is 0 Å². The van der Waals surface area contributed by atoms with E-state index in [1.165, 1.54) is 0 Å². The van der Waals surface area contributed by atoms with Gasteiger partial charge >= 0.3 is 17.1 Å². The Hall–Kier alpha value is 0.859. The van der Waals surface area contributed by atoms with Crippen LogP contribution in [0.15, 0.2) is 0 Å². The van der Waals surface area contributed by atoms with Gasteiger partial charge in [0.1, 0.15) is 0 Å². The topological polar surface area (TPSA) is 112 Å². The summed E-state index contributed by atoms with van der Waals surface area (Å²) in [5.74, 6) is 0. The molecule has 0 fully saturated rings. The zero-order valence-electron chi connectivity index (χ0n) is 3.67. The van der Waals surface area contributed by atoms with Crippen molar-refractivity contribution in [1.29, 1.82) is 0 Å². The Morgan fingerprint density at radius 2 is 1.00 bits per heavy atom. The summed E-state index contributed by atoms with van der Waals surface area (Å²) in [6.07, 6.45) is 0.